The van der Waals surface area contributed by atoms with E-state index in [0.29, 0.717) is 0 Å². The van der Waals surface area contributed by atoms with E-state index in [-0.39, 0.29) is 24.3 Å². The van der Waals surface area contributed by atoms with Crippen LogP contribution in [0.1, 0.15) is 27.7 Å². The van der Waals surface area contributed by atoms with Crippen molar-refractivity contribution in [2.24, 2.45) is 11.8 Å². The molecule has 0 fully saturated rings. The van der Waals surface area contributed by atoms with Crippen molar-refractivity contribution in [3.8, 4) is 0 Å². The third-order valence-corrected chi connectivity index (χ3v) is 3.06. The lowest BCUT2D eigenvalue weighted by molar-refractivity contribution is -0.145. The molecule has 7 heteroatoms. The van der Waals surface area contributed by atoms with E-state index in [1.54, 1.807) is 0 Å². The van der Waals surface area contributed by atoms with Gasteiger partial charge in [-0.05, 0) is 11.8 Å². The molecule has 0 aliphatic carbocycles. The number of hydrogen-bond acceptors (Lipinski definition) is 6. The topological polar surface area (TPSA) is 93.7 Å². The fourth-order valence-corrected chi connectivity index (χ4v) is 1.77. The highest BCUT2D eigenvalue weighted by atomic mass is 16.5. The Bertz CT molecular complexity index is 368. The first kappa shape index (κ1) is 19.4. The Labute approximate surface area is 125 Å². The molecule has 0 aromatic rings. The van der Waals surface area contributed by atoms with Gasteiger partial charge in [0.05, 0.1) is 20.3 Å². The number of esters is 2. The zero-order valence-corrected chi connectivity index (χ0v) is 13.6. The maximum absolute atomic E-state index is 12.1. The lowest BCUT2D eigenvalue weighted by Crippen LogP contribution is -2.55. The van der Waals surface area contributed by atoms with Gasteiger partial charge >= 0.3 is 11.9 Å². The Morgan fingerprint density at radius 1 is 0.905 bits per heavy atom. The highest BCUT2D eigenvalue weighted by Crippen LogP contribution is 2.09. The lowest BCUT2D eigenvalue weighted by Gasteiger charge is -2.28. The molecule has 0 radical (unpaired) electrons. The minimum Gasteiger partial charge on any atom is -0.468 e. The summed E-state index contributed by atoms with van der Waals surface area (Å²) in [5.74, 6) is -1.40. The summed E-state index contributed by atoms with van der Waals surface area (Å²) in [6, 6.07) is -1.20. The van der Waals surface area contributed by atoms with E-state index in [0.717, 1.165) is 0 Å². The fourth-order valence-electron chi connectivity index (χ4n) is 1.77. The van der Waals surface area contributed by atoms with Crippen molar-refractivity contribution in [2.75, 3.05) is 20.8 Å². The Morgan fingerprint density at radius 3 is 1.81 bits per heavy atom. The molecule has 0 saturated heterocycles. The molecule has 0 saturated carbocycles. The molecule has 0 unspecified atom stereocenters. The van der Waals surface area contributed by atoms with Gasteiger partial charge in [0.1, 0.15) is 12.6 Å². The molecule has 0 bridgehead atoms. The molecule has 0 aliphatic rings. The lowest BCUT2D eigenvalue weighted by atomic mass is 9.98. The van der Waals surface area contributed by atoms with E-state index in [1.807, 2.05) is 27.7 Å². The maximum Gasteiger partial charge on any atom is 0.325 e. The van der Waals surface area contributed by atoms with Gasteiger partial charge in [-0.25, -0.2) is 0 Å². The molecule has 1 amide bonds. The number of rotatable bonds is 8. The molecule has 21 heavy (non-hydrogen) atoms. The van der Waals surface area contributed by atoms with Gasteiger partial charge in [0, 0.05) is 0 Å². The zero-order chi connectivity index (χ0) is 16.6. The van der Waals surface area contributed by atoms with E-state index >= 15 is 0 Å². The van der Waals surface area contributed by atoms with Crippen LogP contribution in [0.4, 0.5) is 0 Å². The molecular weight excluding hydrogens is 276 g/mol. The smallest absolute Gasteiger partial charge is 0.325 e. The third kappa shape index (κ3) is 6.57. The highest BCUT2D eigenvalue weighted by molar-refractivity contribution is 5.86. The fraction of sp³-hybridized carbons (Fsp3) is 0.786. The molecule has 0 rings (SSSR count). The monoisotopic (exact) mass is 302 g/mol. The van der Waals surface area contributed by atoms with Crippen LogP contribution < -0.4 is 10.6 Å². The first-order chi connectivity index (χ1) is 9.74. The molecule has 7 nitrogen and oxygen atoms in total. The predicted octanol–water partition coefficient (Wildman–Crippen LogP) is 0.0874. The van der Waals surface area contributed by atoms with Crippen LogP contribution in [-0.4, -0.2) is 50.7 Å². The summed E-state index contributed by atoms with van der Waals surface area (Å²) in [6.45, 7) is 7.22. The molecular formula is C14H26N2O5. The molecule has 2 atom stereocenters. The van der Waals surface area contributed by atoms with Crippen LogP contribution in [0.5, 0.6) is 0 Å². The Morgan fingerprint density at radius 2 is 1.43 bits per heavy atom. The van der Waals surface area contributed by atoms with Gasteiger partial charge < -0.3 is 14.8 Å². The van der Waals surface area contributed by atoms with Crippen LogP contribution in [0.2, 0.25) is 0 Å². The largest absolute Gasteiger partial charge is 0.468 e. The summed E-state index contributed by atoms with van der Waals surface area (Å²) < 4.78 is 9.21. The van der Waals surface area contributed by atoms with Crippen LogP contribution in [-0.2, 0) is 23.9 Å². The number of hydrogen-bond donors (Lipinski definition) is 2. The summed E-state index contributed by atoms with van der Waals surface area (Å²) >= 11 is 0. The summed E-state index contributed by atoms with van der Waals surface area (Å²) in [5, 5.41) is 5.49. The predicted molar refractivity (Wildman–Crippen MR) is 77.4 cm³/mol. The van der Waals surface area contributed by atoms with Gasteiger partial charge in [-0.1, -0.05) is 27.7 Å². The first-order valence-electron chi connectivity index (χ1n) is 6.92. The van der Waals surface area contributed by atoms with Crippen LogP contribution in [0.3, 0.4) is 0 Å². The molecule has 2 N–H and O–H groups in total. The molecule has 0 aliphatic heterocycles. The van der Waals surface area contributed by atoms with E-state index in [2.05, 4.69) is 15.4 Å². The molecule has 0 aromatic heterocycles. The van der Waals surface area contributed by atoms with Crippen LogP contribution >= 0.6 is 0 Å². The van der Waals surface area contributed by atoms with Gasteiger partial charge in [-0.3, -0.25) is 19.7 Å². The minimum atomic E-state index is -0.610. The SMILES string of the molecule is COC(=O)CNC(=O)[C@H](N[C@H](C(=O)OC)C(C)C)C(C)C. The van der Waals surface area contributed by atoms with Crippen molar-refractivity contribution in [1.29, 1.82) is 0 Å². The second-order valence-electron chi connectivity index (χ2n) is 5.43. The maximum atomic E-state index is 12.1. The summed E-state index contributed by atoms with van der Waals surface area (Å²) in [6.07, 6.45) is 0. The van der Waals surface area contributed by atoms with Crippen molar-refractivity contribution in [3.63, 3.8) is 0 Å². The average Bonchev–Trinajstić information content (AvgIpc) is 2.43. The average molecular weight is 302 g/mol. The minimum absolute atomic E-state index is 0.0351. The van der Waals surface area contributed by atoms with Crippen LogP contribution in [0, 0.1) is 11.8 Å². The highest BCUT2D eigenvalue weighted by Gasteiger charge is 2.31. The number of methoxy groups -OCH3 is 2. The van der Waals surface area contributed by atoms with Gasteiger partial charge in [0.25, 0.3) is 0 Å². The molecule has 122 valence electrons. The number of nitrogens with one attached hydrogen (secondary N) is 2. The van der Waals surface area contributed by atoms with E-state index in [1.165, 1.54) is 14.2 Å². The van der Waals surface area contributed by atoms with Gasteiger partial charge in [-0.2, -0.15) is 0 Å². The molecule has 0 heterocycles. The molecule has 0 aromatic carbocycles. The molecule has 0 spiro atoms. The van der Waals surface area contributed by atoms with E-state index in [4.69, 9.17) is 4.74 Å². The van der Waals surface area contributed by atoms with Gasteiger partial charge in [-0.15, -0.1) is 0 Å². The van der Waals surface area contributed by atoms with Crippen molar-refractivity contribution < 1.29 is 23.9 Å². The summed E-state index contributed by atoms with van der Waals surface area (Å²) in [5.41, 5.74) is 0. The number of carbonyl (C=O) groups is 3. The Balaban J connectivity index is 4.84. The first-order valence-corrected chi connectivity index (χ1v) is 6.92. The van der Waals surface area contributed by atoms with E-state index in [9.17, 15) is 14.4 Å². The quantitative estimate of drug-likeness (QED) is 0.617. The zero-order valence-electron chi connectivity index (χ0n) is 13.6. The van der Waals surface area contributed by atoms with Gasteiger partial charge in [0.2, 0.25) is 5.91 Å². The van der Waals surface area contributed by atoms with E-state index < -0.39 is 24.0 Å². The Hall–Kier alpha value is -1.63. The summed E-state index contributed by atoms with van der Waals surface area (Å²) in [7, 11) is 2.56. The Kier molecular flexibility index (Phi) is 8.61. The number of carbonyl (C=O) groups excluding carboxylic acids is 3. The standard InChI is InChI=1S/C14H26N2O5/c1-8(2)11(13(18)15-7-10(17)20-5)16-12(9(3)4)14(19)21-6/h8-9,11-12,16H,7H2,1-6H3,(H,15,18)/t11-,12+/m1/s1. The third-order valence-electron chi connectivity index (χ3n) is 3.06. The van der Waals surface area contributed by atoms with Crippen LogP contribution in [0.25, 0.3) is 0 Å². The van der Waals surface area contributed by atoms with Gasteiger partial charge in [0.15, 0.2) is 0 Å². The number of ether oxygens (including phenoxy) is 2. The van der Waals surface area contributed by atoms with Crippen molar-refractivity contribution in [1.82, 2.24) is 10.6 Å². The normalized spacial score (nSPS) is 13.7. The van der Waals surface area contributed by atoms with Crippen molar-refractivity contribution in [3.05, 3.63) is 0 Å². The summed E-state index contributed by atoms with van der Waals surface area (Å²) in [4.78, 5) is 35.0. The second kappa shape index (κ2) is 9.33. The van der Waals surface area contributed by atoms with Crippen molar-refractivity contribution in [2.45, 2.75) is 39.8 Å². The number of amides is 1. The van der Waals surface area contributed by atoms with Crippen molar-refractivity contribution >= 4 is 17.8 Å². The van der Waals surface area contributed by atoms with Crippen LogP contribution in [0.15, 0.2) is 0 Å². The second-order valence-corrected chi connectivity index (χ2v) is 5.43.